The molecule has 22 heavy (non-hydrogen) atoms. The van der Waals surface area contributed by atoms with Gasteiger partial charge in [-0.25, -0.2) is 0 Å². The number of hydrogen-bond acceptors (Lipinski definition) is 4. The molecule has 0 bridgehead atoms. The Kier molecular flexibility index (Phi) is 6.47. The van der Waals surface area contributed by atoms with Gasteiger partial charge >= 0.3 is 177 Å². The summed E-state index contributed by atoms with van der Waals surface area (Å²) in [5, 5.41) is 3.08. The molecular formula is C14H14S4Se4. The molecule has 0 spiro atoms. The molecule has 8 heteroatoms. The van der Waals surface area contributed by atoms with Gasteiger partial charge in [-0.1, -0.05) is 0 Å². The molecule has 0 aromatic heterocycles. The zero-order chi connectivity index (χ0) is 15.1. The SMILES string of the molecule is CCC(CC)=C1SC2=C(S1)SC(=C1[Se]C3=C([Se]CC[Se]3)[Se]1)S2. The zero-order valence-electron chi connectivity index (χ0n) is 12.1. The molecule has 0 aromatic rings. The van der Waals surface area contributed by atoms with Crippen molar-refractivity contribution in [3.8, 4) is 0 Å². The van der Waals surface area contributed by atoms with Crippen LogP contribution in [-0.2, 0) is 0 Å². The minimum atomic E-state index is 0.749. The van der Waals surface area contributed by atoms with E-state index in [1.165, 1.54) is 23.5 Å². The Morgan fingerprint density at radius 1 is 0.773 bits per heavy atom. The monoisotopic (exact) mass is 630 g/mol. The molecule has 0 radical (unpaired) electrons. The van der Waals surface area contributed by atoms with Gasteiger partial charge in [0.25, 0.3) is 0 Å². The van der Waals surface area contributed by atoms with Gasteiger partial charge in [0.1, 0.15) is 0 Å². The molecule has 4 heterocycles. The van der Waals surface area contributed by atoms with Gasteiger partial charge in [-0.2, -0.15) is 0 Å². The van der Waals surface area contributed by atoms with Crippen molar-refractivity contribution in [2.24, 2.45) is 0 Å². The van der Waals surface area contributed by atoms with Gasteiger partial charge in [0.2, 0.25) is 0 Å². The van der Waals surface area contributed by atoms with Crippen molar-refractivity contribution in [1.29, 1.82) is 0 Å². The van der Waals surface area contributed by atoms with Crippen LogP contribution in [0.3, 0.4) is 0 Å². The van der Waals surface area contributed by atoms with Crippen molar-refractivity contribution in [2.45, 2.75) is 37.3 Å². The van der Waals surface area contributed by atoms with Gasteiger partial charge in [-0.3, -0.25) is 0 Å². The topological polar surface area (TPSA) is 0 Å². The second kappa shape index (κ2) is 7.99. The van der Waals surface area contributed by atoms with Crippen LogP contribution in [0.2, 0.25) is 10.6 Å². The van der Waals surface area contributed by atoms with Crippen molar-refractivity contribution >= 4 is 107 Å². The van der Waals surface area contributed by atoms with Crippen molar-refractivity contribution in [3.63, 3.8) is 0 Å². The van der Waals surface area contributed by atoms with Crippen molar-refractivity contribution in [2.75, 3.05) is 0 Å². The molecular weight excluding hydrogens is 612 g/mol. The zero-order valence-corrected chi connectivity index (χ0v) is 22.2. The predicted molar refractivity (Wildman–Crippen MR) is 112 cm³/mol. The standard InChI is InChI=1S/C14H14S4Se4/c1-3-7(4-2)8-15-9-10(16-8)18-11(17-9)12-21-13-14(22-12)20-6-5-19-13/h3-6H2,1-2H3. The van der Waals surface area contributed by atoms with E-state index in [0.717, 1.165) is 59.8 Å². The third kappa shape index (κ3) is 3.61. The van der Waals surface area contributed by atoms with E-state index in [9.17, 15) is 0 Å². The van der Waals surface area contributed by atoms with Crippen LogP contribution in [0.25, 0.3) is 0 Å². The first-order chi connectivity index (χ1) is 10.8. The van der Waals surface area contributed by atoms with Crippen LogP contribution in [0, 0.1) is 0 Å². The number of rotatable bonds is 2. The summed E-state index contributed by atoms with van der Waals surface area (Å²) in [5.41, 5.74) is 1.65. The Bertz CT molecular complexity index is 599. The van der Waals surface area contributed by atoms with Crippen LogP contribution >= 0.6 is 47.0 Å². The van der Waals surface area contributed by atoms with Gasteiger partial charge in [0, 0.05) is 0 Å². The van der Waals surface area contributed by atoms with Crippen molar-refractivity contribution < 1.29 is 0 Å². The first-order valence-electron chi connectivity index (χ1n) is 7.06. The average Bonchev–Trinajstić information content (AvgIpc) is 3.19. The Hall–Kier alpha value is 2.44. The quantitative estimate of drug-likeness (QED) is 0.394. The molecule has 0 amide bonds. The average molecular weight is 626 g/mol. The second-order valence-electron chi connectivity index (χ2n) is 4.63. The van der Waals surface area contributed by atoms with E-state index in [0.29, 0.717) is 0 Å². The number of hydrogen-bond donors (Lipinski definition) is 0. The van der Waals surface area contributed by atoms with E-state index >= 15 is 0 Å². The first kappa shape index (κ1) is 17.8. The molecule has 0 nitrogen and oxygen atoms in total. The van der Waals surface area contributed by atoms with Crippen LogP contribution in [0.15, 0.2) is 32.6 Å². The Labute approximate surface area is 174 Å². The van der Waals surface area contributed by atoms with Gasteiger partial charge in [0.05, 0.1) is 0 Å². The van der Waals surface area contributed by atoms with E-state index in [2.05, 4.69) is 60.9 Å². The predicted octanol–water partition coefficient (Wildman–Crippen LogP) is 5.04. The maximum absolute atomic E-state index is 2.30. The van der Waals surface area contributed by atoms with Crippen molar-refractivity contribution in [3.05, 3.63) is 32.6 Å². The summed E-state index contributed by atoms with van der Waals surface area (Å²) >= 11 is 11.6. The summed E-state index contributed by atoms with van der Waals surface area (Å²) in [6, 6.07) is 0. The van der Waals surface area contributed by atoms with E-state index in [4.69, 9.17) is 0 Å². The van der Waals surface area contributed by atoms with E-state index in [1.807, 2.05) is 10.1 Å². The maximum atomic E-state index is 2.30. The van der Waals surface area contributed by atoms with Gasteiger partial charge < -0.3 is 0 Å². The molecule has 4 aliphatic rings. The molecule has 0 saturated heterocycles. The molecule has 0 unspecified atom stereocenters. The minimum absolute atomic E-state index is 0.749. The summed E-state index contributed by atoms with van der Waals surface area (Å²) < 4.78 is 12.3. The van der Waals surface area contributed by atoms with E-state index in [1.54, 1.807) is 22.5 Å². The van der Waals surface area contributed by atoms with Gasteiger partial charge in [0.15, 0.2) is 0 Å². The fourth-order valence-electron chi connectivity index (χ4n) is 2.15. The molecule has 118 valence electrons. The molecule has 0 aromatic carbocycles. The van der Waals surface area contributed by atoms with Crippen molar-refractivity contribution in [1.82, 2.24) is 0 Å². The van der Waals surface area contributed by atoms with E-state index in [-0.39, 0.29) is 0 Å². The number of thioether (sulfide) groups is 4. The molecule has 0 saturated carbocycles. The summed E-state index contributed by atoms with van der Waals surface area (Å²) in [7, 11) is 0. The summed E-state index contributed by atoms with van der Waals surface area (Å²) in [4.78, 5) is 0. The normalized spacial score (nSPS) is 24.5. The summed E-state index contributed by atoms with van der Waals surface area (Å²) in [5.74, 6) is 0. The van der Waals surface area contributed by atoms with Gasteiger partial charge in [-0.15, -0.1) is 0 Å². The molecule has 0 fully saturated rings. The molecule has 4 aliphatic heterocycles. The van der Waals surface area contributed by atoms with E-state index < -0.39 is 0 Å². The van der Waals surface area contributed by atoms with Crippen LogP contribution in [0.4, 0.5) is 0 Å². The third-order valence-electron chi connectivity index (χ3n) is 3.30. The first-order valence-corrected chi connectivity index (χ1v) is 17.9. The fourth-order valence-corrected chi connectivity index (χ4v) is 29.9. The van der Waals surface area contributed by atoms with Gasteiger partial charge in [-0.05, 0) is 0 Å². The molecule has 0 aliphatic carbocycles. The summed E-state index contributed by atoms with van der Waals surface area (Å²) in [6.07, 6.45) is 2.42. The molecule has 0 atom stereocenters. The Morgan fingerprint density at radius 2 is 1.32 bits per heavy atom. The van der Waals surface area contributed by atoms with Crippen LogP contribution in [0.1, 0.15) is 26.7 Å². The fraction of sp³-hybridized carbons (Fsp3) is 0.429. The molecule has 0 N–H and O–H groups in total. The Morgan fingerprint density at radius 3 is 1.82 bits per heavy atom. The van der Waals surface area contributed by atoms with Crippen LogP contribution in [0.5, 0.6) is 0 Å². The van der Waals surface area contributed by atoms with Crippen LogP contribution < -0.4 is 0 Å². The summed E-state index contributed by atoms with van der Waals surface area (Å²) in [6.45, 7) is 4.60. The van der Waals surface area contributed by atoms with Crippen LogP contribution in [-0.4, -0.2) is 59.8 Å². The third-order valence-corrected chi connectivity index (χ3v) is 27.3. The molecule has 4 rings (SSSR count). The Balaban J connectivity index is 1.47. The number of allylic oxidation sites excluding steroid dienone is 1. The second-order valence-corrected chi connectivity index (χ2v) is 22.6.